The van der Waals surface area contributed by atoms with E-state index < -0.39 is 23.3 Å². The maximum Gasteiger partial charge on any atom is 0.416 e. The van der Waals surface area contributed by atoms with Gasteiger partial charge in [0, 0.05) is 50.6 Å². The van der Waals surface area contributed by atoms with Crippen LogP contribution in [-0.2, 0) is 33.5 Å². The highest BCUT2D eigenvalue weighted by atomic mass is 19.4. The predicted octanol–water partition coefficient (Wildman–Crippen LogP) is 4.63. The summed E-state index contributed by atoms with van der Waals surface area (Å²) in [6.07, 6.45) is 3.39. The number of carbonyl (C=O) groups excluding carboxylic acids is 2. The molecule has 1 aromatic carbocycles. The van der Waals surface area contributed by atoms with E-state index in [2.05, 4.69) is 4.90 Å². The van der Waals surface area contributed by atoms with Crippen molar-refractivity contribution in [3.05, 3.63) is 46.0 Å². The number of halogens is 3. The SMILES string of the molecule is CC1=C(C(=O)N2CCc3ccc(C(F)(F)F)cc3C2)C2(CCN(C3CCCCC3)CC2)OC1=O. The van der Waals surface area contributed by atoms with E-state index in [1.165, 1.54) is 38.2 Å². The average molecular weight is 477 g/mol. The Balaban J connectivity index is 1.35. The topological polar surface area (TPSA) is 49.9 Å². The Hall–Kier alpha value is -2.35. The van der Waals surface area contributed by atoms with Crippen LogP contribution >= 0.6 is 0 Å². The van der Waals surface area contributed by atoms with Crippen LogP contribution in [0.2, 0.25) is 0 Å². The number of amides is 1. The number of nitrogens with zero attached hydrogens (tertiary/aromatic N) is 2. The molecule has 34 heavy (non-hydrogen) atoms. The number of carbonyl (C=O) groups is 2. The Morgan fingerprint density at radius 3 is 2.44 bits per heavy atom. The van der Waals surface area contributed by atoms with Crippen molar-refractivity contribution in [2.75, 3.05) is 19.6 Å². The first kappa shape index (κ1) is 23.4. The van der Waals surface area contributed by atoms with Gasteiger partial charge in [-0.2, -0.15) is 13.2 Å². The van der Waals surface area contributed by atoms with Gasteiger partial charge in [-0.05, 0) is 49.4 Å². The van der Waals surface area contributed by atoms with Gasteiger partial charge >= 0.3 is 12.1 Å². The third-order valence-electron chi connectivity index (χ3n) is 8.17. The van der Waals surface area contributed by atoms with Gasteiger partial charge < -0.3 is 14.5 Å². The average Bonchev–Trinajstić information content (AvgIpc) is 3.07. The second-order valence-corrected chi connectivity index (χ2v) is 10.2. The molecule has 0 unspecified atom stereocenters. The lowest BCUT2D eigenvalue weighted by Crippen LogP contribution is -2.52. The normalized spacial score (nSPS) is 23.9. The van der Waals surface area contributed by atoms with Crippen LogP contribution in [0.1, 0.15) is 68.6 Å². The summed E-state index contributed by atoms with van der Waals surface area (Å²) in [6, 6.07) is 4.32. The van der Waals surface area contributed by atoms with Gasteiger partial charge in [0.1, 0.15) is 5.60 Å². The molecule has 5 rings (SSSR count). The molecule has 1 aromatic rings. The van der Waals surface area contributed by atoms with Gasteiger partial charge in [0.05, 0.1) is 11.1 Å². The summed E-state index contributed by atoms with van der Waals surface area (Å²) in [7, 11) is 0. The van der Waals surface area contributed by atoms with Gasteiger partial charge in [-0.15, -0.1) is 0 Å². The number of esters is 1. The molecular formula is C26H31F3N2O3. The molecule has 1 spiro atoms. The fourth-order valence-corrected chi connectivity index (χ4v) is 6.22. The van der Waals surface area contributed by atoms with Crippen LogP contribution in [0.4, 0.5) is 13.2 Å². The molecule has 5 nitrogen and oxygen atoms in total. The van der Waals surface area contributed by atoms with E-state index in [-0.39, 0.29) is 12.5 Å². The number of hydrogen-bond donors (Lipinski definition) is 0. The van der Waals surface area contributed by atoms with Crippen molar-refractivity contribution in [1.82, 2.24) is 9.80 Å². The fourth-order valence-electron chi connectivity index (χ4n) is 6.22. The highest BCUT2D eigenvalue weighted by Gasteiger charge is 2.52. The van der Waals surface area contributed by atoms with Crippen LogP contribution in [0.15, 0.2) is 29.3 Å². The van der Waals surface area contributed by atoms with Crippen molar-refractivity contribution < 1.29 is 27.5 Å². The van der Waals surface area contributed by atoms with Crippen LogP contribution in [0.5, 0.6) is 0 Å². The lowest BCUT2D eigenvalue weighted by atomic mass is 9.81. The van der Waals surface area contributed by atoms with Gasteiger partial charge in [-0.3, -0.25) is 4.79 Å². The van der Waals surface area contributed by atoms with Crippen molar-refractivity contribution in [1.29, 1.82) is 0 Å². The molecule has 1 aliphatic carbocycles. The molecule has 0 atom stereocenters. The van der Waals surface area contributed by atoms with Crippen molar-refractivity contribution in [3.8, 4) is 0 Å². The first-order chi connectivity index (χ1) is 16.2. The molecule has 0 radical (unpaired) electrons. The molecule has 3 aliphatic heterocycles. The molecule has 8 heteroatoms. The predicted molar refractivity (Wildman–Crippen MR) is 120 cm³/mol. The minimum absolute atomic E-state index is 0.105. The standard InChI is InChI=1S/C26H31F3N2O3/c1-17-22(23(32)31-12-9-18-7-8-20(26(27,28)29)15-19(18)16-31)25(34-24(17)33)10-13-30(14-11-25)21-5-3-2-4-6-21/h7-8,15,21H,2-6,9-14,16H2,1H3. The summed E-state index contributed by atoms with van der Waals surface area (Å²) in [5.74, 6) is -0.733. The molecular weight excluding hydrogens is 445 g/mol. The minimum atomic E-state index is -4.43. The summed E-state index contributed by atoms with van der Waals surface area (Å²) in [6.45, 7) is 3.71. The van der Waals surface area contributed by atoms with Crippen LogP contribution < -0.4 is 0 Å². The lowest BCUT2D eigenvalue weighted by molar-refractivity contribution is -0.152. The Morgan fingerprint density at radius 2 is 1.76 bits per heavy atom. The first-order valence-corrected chi connectivity index (χ1v) is 12.3. The monoisotopic (exact) mass is 476 g/mol. The molecule has 4 aliphatic rings. The number of benzene rings is 1. The smallest absolute Gasteiger partial charge is 0.416 e. The van der Waals surface area contributed by atoms with Crippen molar-refractivity contribution in [3.63, 3.8) is 0 Å². The maximum atomic E-state index is 13.7. The summed E-state index contributed by atoms with van der Waals surface area (Å²) >= 11 is 0. The molecule has 0 N–H and O–H groups in total. The van der Waals surface area contributed by atoms with Gasteiger partial charge in [0.25, 0.3) is 5.91 Å². The van der Waals surface area contributed by atoms with E-state index in [9.17, 15) is 22.8 Å². The van der Waals surface area contributed by atoms with E-state index in [0.29, 0.717) is 48.6 Å². The fraction of sp³-hybridized carbons (Fsp3) is 0.615. The second-order valence-electron chi connectivity index (χ2n) is 10.2. The van der Waals surface area contributed by atoms with Gasteiger partial charge in [-0.1, -0.05) is 25.3 Å². The molecule has 3 heterocycles. The number of hydrogen-bond acceptors (Lipinski definition) is 4. The Bertz CT molecular complexity index is 1020. The molecule has 1 saturated heterocycles. The summed E-state index contributed by atoms with van der Waals surface area (Å²) < 4.78 is 45.5. The zero-order valence-corrected chi connectivity index (χ0v) is 19.5. The molecule has 1 saturated carbocycles. The van der Waals surface area contributed by atoms with E-state index in [4.69, 9.17) is 4.74 Å². The van der Waals surface area contributed by atoms with Crippen LogP contribution in [0.25, 0.3) is 0 Å². The molecule has 0 bridgehead atoms. The second kappa shape index (κ2) is 8.70. The number of likely N-dealkylation sites (tertiary alicyclic amines) is 1. The number of fused-ring (bicyclic) bond motifs is 1. The van der Waals surface area contributed by atoms with E-state index in [0.717, 1.165) is 30.8 Å². The molecule has 184 valence electrons. The molecule has 2 fully saturated rings. The first-order valence-electron chi connectivity index (χ1n) is 12.3. The Kier molecular flexibility index (Phi) is 5.99. The highest BCUT2D eigenvalue weighted by molar-refractivity contribution is 6.07. The van der Waals surface area contributed by atoms with E-state index in [1.54, 1.807) is 11.8 Å². The quantitative estimate of drug-likeness (QED) is 0.584. The largest absolute Gasteiger partial charge is 0.450 e. The number of rotatable bonds is 2. The summed E-state index contributed by atoms with van der Waals surface area (Å²) in [4.78, 5) is 30.4. The maximum absolute atomic E-state index is 13.7. The third kappa shape index (κ3) is 4.14. The zero-order valence-electron chi connectivity index (χ0n) is 19.5. The van der Waals surface area contributed by atoms with Crippen molar-refractivity contribution in [2.24, 2.45) is 0 Å². The third-order valence-corrected chi connectivity index (χ3v) is 8.17. The minimum Gasteiger partial charge on any atom is -0.450 e. The number of alkyl halides is 3. The van der Waals surface area contributed by atoms with Gasteiger partial charge in [0.2, 0.25) is 0 Å². The number of piperidine rings is 1. The highest BCUT2D eigenvalue weighted by Crippen LogP contribution is 2.43. The summed E-state index contributed by atoms with van der Waals surface area (Å²) in [5, 5.41) is 0. The summed E-state index contributed by atoms with van der Waals surface area (Å²) in [5.41, 5.74) is 0.470. The zero-order chi connectivity index (χ0) is 24.1. The Morgan fingerprint density at radius 1 is 1.06 bits per heavy atom. The van der Waals surface area contributed by atoms with Gasteiger partial charge in [-0.25, -0.2) is 4.79 Å². The number of ether oxygens (including phenoxy) is 1. The Labute approximate surface area is 197 Å². The van der Waals surface area contributed by atoms with Crippen molar-refractivity contribution in [2.45, 2.75) is 82.7 Å². The van der Waals surface area contributed by atoms with Gasteiger partial charge in [0.15, 0.2) is 0 Å². The lowest BCUT2D eigenvalue weighted by Gasteiger charge is -2.44. The van der Waals surface area contributed by atoms with E-state index >= 15 is 0 Å². The van der Waals surface area contributed by atoms with E-state index in [1.807, 2.05) is 0 Å². The molecule has 0 aromatic heterocycles. The van der Waals surface area contributed by atoms with Crippen molar-refractivity contribution >= 4 is 11.9 Å². The van der Waals surface area contributed by atoms with Crippen LogP contribution in [0, 0.1) is 0 Å². The molecule has 1 amide bonds. The van der Waals surface area contributed by atoms with Crippen LogP contribution in [-0.4, -0.2) is 53.0 Å². The van der Waals surface area contributed by atoms with Crippen LogP contribution in [0.3, 0.4) is 0 Å².